The average molecular weight is 169 g/mol. The molecule has 3 heteroatoms. The molecule has 0 aromatic carbocycles. The predicted molar refractivity (Wildman–Crippen MR) is 47.3 cm³/mol. The standard InChI is InChI=1S/C8H11NOS/c11-8-9-7-4-2-1-3-6(7)5-10-8/h1-2,6-7H,3-5H2,(H,9,11)/t6-,7+/m0/s1. The molecule has 2 atom stereocenters. The van der Waals surface area contributed by atoms with E-state index in [0.29, 0.717) is 17.1 Å². The maximum atomic E-state index is 5.23. The van der Waals surface area contributed by atoms with Crippen LogP contribution in [0.1, 0.15) is 12.8 Å². The smallest absolute Gasteiger partial charge is 0.256 e. The quantitative estimate of drug-likeness (QED) is 0.435. The Hall–Kier alpha value is -0.570. The SMILES string of the molecule is S=C1N[C@@H]2CC=CC[C@H]2CO1. The minimum atomic E-state index is 0.529. The van der Waals surface area contributed by atoms with Gasteiger partial charge in [-0.3, -0.25) is 0 Å². The summed E-state index contributed by atoms with van der Waals surface area (Å²) in [4.78, 5) is 0. The summed E-state index contributed by atoms with van der Waals surface area (Å²) in [7, 11) is 0. The fraction of sp³-hybridized carbons (Fsp3) is 0.625. The van der Waals surface area contributed by atoms with E-state index in [9.17, 15) is 0 Å². The van der Waals surface area contributed by atoms with E-state index in [4.69, 9.17) is 17.0 Å². The summed E-state index contributed by atoms with van der Waals surface area (Å²) in [5.74, 6) is 0.631. The molecule has 0 saturated carbocycles. The van der Waals surface area contributed by atoms with E-state index < -0.39 is 0 Å². The Balaban J connectivity index is 2.06. The van der Waals surface area contributed by atoms with Crippen LogP contribution in [-0.2, 0) is 4.74 Å². The third-order valence-corrected chi connectivity index (χ3v) is 2.53. The van der Waals surface area contributed by atoms with Gasteiger partial charge in [0, 0.05) is 12.0 Å². The molecule has 60 valence electrons. The van der Waals surface area contributed by atoms with Crippen LogP contribution < -0.4 is 5.32 Å². The van der Waals surface area contributed by atoms with E-state index in [1.54, 1.807) is 0 Å². The van der Waals surface area contributed by atoms with Crippen LogP contribution in [0, 0.1) is 5.92 Å². The lowest BCUT2D eigenvalue weighted by atomic mass is 9.89. The first-order valence-electron chi connectivity index (χ1n) is 3.94. The molecular formula is C8H11NOS. The molecule has 0 radical (unpaired) electrons. The normalized spacial score (nSPS) is 35.5. The van der Waals surface area contributed by atoms with E-state index in [0.717, 1.165) is 19.4 Å². The molecular weight excluding hydrogens is 158 g/mol. The van der Waals surface area contributed by atoms with Crippen LogP contribution in [0.5, 0.6) is 0 Å². The molecule has 2 nitrogen and oxygen atoms in total. The van der Waals surface area contributed by atoms with Crippen LogP contribution in [0.25, 0.3) is 0 Å². The minimum Gasteiger partial charge on any atom is -0.471 e. The van der Waals surface area contributed by atoms with Gasteiger partial charge in [0.2, 0.25) is 0 Å². The highest BCUT2D eigenvalue weighted by Gasteiger charge is 2.27. The van der Waals surface area contributed by atoms with Crippen molar-refractivity contribution < 1.29 is 4.74 Å². The van der Waals surface area contributed by atoms with Gasteiger partial charge in [0.05, 0.1) is 6.61 Å². The summed E-state index contributed by atoms with van der Waals surface area (Å²) >= 11 is 4.92. The molecule has 0 aromatic heterocycles. The first-order chi connectivity index (χ1) is 5.36. The van der Waals surface area contributed by atoms with Crippen molar-refractivity contribution in [1.29, 1.82) is 0 Å². The zero-order valence-electron chi connectivity index (χ0n) is 6.25. The van der Waals surface area contributed by atoms with Crippen LogP contribution in [0.2, 0.25) is 0 Å². The number of rotatable bonds is 0. The van der Waals surface area contributed by atoms with Gasteiger partial charge < -0.3 is 10.1 Å². The van der Waals surface area contributed by atoms with E-state index in [1.807, 2.05) is 0 Å². The molecule has 1 saturated heterocycles. The van der Waals surface area contributed by atoms with Gasteiger partial charge >= 0.3 is 0 Å². The summed E-state index contributed by atoms with van der Waals surface area (Å²) in [6, 6.07) is 0.529. The molecule has 1 fully saturated rings. The summed E-state index contributed by atoms with van der Waals surface area (Å²) < 4.78 is 5.23. The van der Waals surface area contributed by atoms with Gasteiger partial charge in [-0.2, -0.15) is 0 Å². The lowest BCUT2D eigenvalue weighted by molar-refractivity contribution is 0.160. The highest BCUT2D eigenvalue weighted by Crippen LogP contribution is 2.22. The third kappa shape index (κ3) is 1.38. The van der Waals surface area contributed by atoms with Crippen LogP contribution in [0.4, 0.5) is 0 Å². The number of thiocarbonyl (C=S) groups is 1. The summed E-state index contributed by atoms with van der Waals surface area (Å²) in [5.41, 5.74) is 0. The Bertz CT molecular complexity index is 202. The first-order valence-corrected chi connectivity index (χ1v) is 4.35. The molecule has 0 aromatic rings. The summed E-state index contributed by atoms with van der Waals surface area (Å²) in [6.45, 7) is 0.792. The maximum Gasteiger partial charge on any atom is 0.256 e. The second kappa shape index (κ2) is 2.81. The van der Waals surface area contributed by atoms with Crippen molar-refractivity contribution in [2.75, 3.05) is 6.61 Å². The Labute approximate surface area is 71.6 Å². The van der Waals surface area contributed by atoms with Crippen molar-refractivity contribution in [3.63, 3.8) is 0 Å². The Morgan fingerprint density at radius 3 is 3.18 bits per heavy atom. The lowest BCUT2D eigenvalue weighted by Crippen LogP contribution is -2.48. The maximum absolute atomic E-state index is 5.23. The van der Waals surface area contributed by atoms with Gasteiger partial charge in [-0.25, -0.2) is 0 Å². The average Bonchev–Trinajstić information content (AvgIpc) is 2.04. The number of hydrogen-bond donors (Lipinski definition) is 1. The van der Waals surface area contributed by atoms with Crippen molar-refractivity contribution in [3.8, 4) is 0 Å². The van der Waals surface area contributed by atoms with Crippen molar-refractivity contribution in [2.24, 2.45) is 5.92 Å². The third-order valence-electron chi connectivity index (χ3n) is 2.30. The van der Waals surface area contributed by atoms with Crippen LogP contribution >= 0.6 is 12.2 Å². The van der Waals surface area contributed by atoms with Gasteiger partial charge in [-0.1, -0.05) is 12.2 Å². The first kappa shape index (κ1) is 7.10. The number of nitrogens with one attached hydrogen (secondary N) is 1. The van der Waals surface area contributed by atoms with Crippen molar-refractivity contribution in [3.05, 3.63) is 12.2 Å². The van der Waals surface area contributed by atoms with Crippen molar-refractivity contribution in [1.82, 2.24) is 5.32 Å². The fourth-order valence-electron chi connectivity index (χ4n) is 1.61. The number of ether oxygens (including phenoxy) is 1. The van der Waals surface area contributed by atoms with E-state index in [1.165, 1.54) is 0 Å². The molecule has 1 aliphatic heterocycles. The second-order valence-corrected chi connectivity index (χ2v) is 3.42. The van der Waals surface area contributed by atoms with E-state index in [2.05, 4.69) is 17.5 Å². The molecule has 2 aliphatic rings. The molecule has 1 N–H and O–H groups in total. The molecule has 0 spiro atoms. The lowest BCUT2D eigenvalue weighted by Gasteiger charge is -2.34. The monoisotopic (exact) mass is 169 g/mol. The summed E-state index contributed by atoms with van der Waals surface area (Å²) in [5, 5.41) is 3.75. The van der Waals surface area contributed by atoms with Crippen molar-refractivity contribution >= 4 is 17.4 Å². The van der Waals surface area contributed by atoms with Gasteiger partial charge in [-0.05, 0) is 25.1 Å². The largest absolute Gasteiger partial charge is 0.471 e. The number of hydrogen-bond acceptors (Lipinski definition) is 2. The summed E-state index contributed by atoms with van der Waals surface area (Å²) in [6.07, 6.45) is 6.65. The predicted octanol–water partition coefficient (Wildman–Crippen LogP) is 1.23. The van der Waals surface area contributed by atoms with Gasteiger partial charge in [-0.15, -0.1) is 0 Å². The Kier molecular flexibility index (Phi) is 1.82. The van der Waals surface area contributed by atoms with Gasteiger partial charge in [0.15, 0.2) is 0 Å². The van der Waals surface area contributed by atoms with Crippen molar-refractivity contribution in [2.45, 2.75) is 18.9 Å². The number of fused-ring (bicyclic) bond motifs is 1. The zero-order chi connectivity index (χ0) is 7.68. The molecule has 0 bridgehead atoms. The molecule has 0 amide bonds. The molecule has 1 heterocycles. The minimum absolute atomic E-state index is 0.529. The van der Waals surface area contributed by atoms with E-state index in [-0.39, 0.29) is 0 Å². The number of allylic oxidation sites excluding steroid dienone is 1. The van der Waals surface area contributed by atoms with Crippen LogP contribution in [-0.4, -0.2) is 17.8 Å². The molecule has 2 rings (SSSR count). The fourth-order valence-corrected chi connectivity index (χ4v) is 1.83. The van der Waals surface area contributed by atoms with Crippen LogP contribution in [0.15, 0.2) is 12.2 Å². The molecule has 11 heavy (non-hydrogen) atoms. The topological polar surface area (TPSA) is 21.3 Å². The van der Waals surface area contributed by atoms with Gasteiger partial charge in [0.25, 0.3) is 5.17 Å². The van der Waals surface area contributed by atoms with Crippen LogP contribution in [0.3, 0.4) is 0 Å². The highest BCUT2D eigenvalue weighted by atomic mass is 32.1. The van der Waals surface area contributed by atoms with Gasteiger partial charge in [0.1, 0.15) is 0 Å². The molecule has 0 unspecified atom stereocenters. The second-order valence-electron chi connectivity index (χ2n) is 3.05. The molecule has 1 aliphatic carbocycles. The van der Waals surface area contributed by atoms with E-state index >= 15 is 0 Å². The Morgan fingerprint density at radius 2 is 2.27 bits per heavy atom. The Morgan fingerprint density at radius 1 is 1.45 bits per heavy atom. The highest BCUT2D eigenvalue weighted by molar-refractivity contribution is 7.80. The zero-order valence-corrected chi connectivity index (χ0v) is 7.06.